The zero-order chi connectivity index (χ0) is 7.56. The van der Waals surface area contributed by atoms with Crippen molar-refractivity contribution in [3.63, 3.8) is 0 Å². The van der Waals surface area contributed by atoms with Crippen LogP contribution in [0.1, 0.15) is 19.8 Å². The average Bonchev–Trinajstić information content (AvgIpc) is 1.88. The van der Waals surface area contributed by atoms with Gasteiger partial charge in [0.25, 0.3) is 0 Å². The van der Waals surface area contributed by atoms with E-state index in [9.17, 15) is 4.79 Å². The van der Waals surface area contributed by atoms with Crippen molar-refractivity contribution in [2.75, 3.05) is 0 Å². The Morgan fingerprint density at radius 3 is 2.80 bits per heavy atom. The van der Waals surface area contributed by atoms with Crippen molar-refractivity contribution in [2.24, 2.45) is 17.6 Å². The van der Waals surface area contributed by atoms with Gasteiger partial charge in [-0.3, -0.25) is 4.79 Å². The molecule has 56 valence electrons. The van der Waals surface area contributed by atoms with Crippen molar-refractivity contribution in [3.05, 3.63) is 12.2 Å². The molecule has 0 aromatic carbocycles. The van der Waals surface area contributed by atoms with Crippen LogP contribution in [0.2, 0.25) is 0 Å². The van der Waals surface area contributed by atoms with Gasteiger partial charge >= 0.3 is 0 Å². The largest absolute Gasteiger partial charge is 0.369 e. The number of allylic oxidation sites excluding steroid dienone is 2. The van der Waals surface area contributed by atoms with Crippen LogP contribution >= 0.6 is 0 Å². The molecule has 1 aliphatic rings. The highest BCUT2D eigenvalue weighted by Crippen LogP contribution is 2.23. The maximum absolute atomic E-state index is 10.8. The van der Waals surface area contributed by atoms with Crippen molar-refractivity contribution < 1.29 is 4.79 Å². The summed E-state index contributed by atoms with van der Waals surface area (Å²) in [6, 6.07) is 0. The fourth-order valence-electron chi connectivity index (χ4n) is 1.39. The summed E-state index contributed by atoms with van der Waals surface area (Å²) in [5.41, 5.74) is 5.18. The van der Waals surface area contributed by atoms with E-state index in [1.54, 1.807) is 0 Å². The summed E-state index contributed by atoms with van der Waals surface area (Å²) < 4.78 is 0. The van der Waals surface area contributed by atoms with Gasteiger partial charge in [0.15, 0.2) is 0 Å². The Bertz CT molecular complexity index is 163. The summed E-state index contributed by atoms with van der Waals surface area (Å²) in [7, 11) is 0. The van der Waals surface area contributed by atoms with E-state index in [0.29, 0.717) is 5.92 Å². The Hall–Kier alpha value is -0.790. The number of carbonyl (C=O) groups is 1. The van der Waals surface area contributed by atoms with Crippen molar-refractivity contribution >= 4 is 5.91 Å². The second-order valence-electron chi connectivity index (χ2n) is 2.87. The number of hydrogen-bond acceptors (Lipinski definition) is 1. The molecule has 0 aromatic rings. The van der Waals surface area contributed by atoms with Crippen LogP contribution in [0.4, 0.5) is 0 Å². The topological polar surface area (TPSA) is 43.1 Å². The molecule has 0 spiro atoms. The van der Waals surface area contributed by atoms with Crippen LogP contribution in [0.3, 0.4) is 0 Å². The van der Waals surface area contributed by atoms with Crippen molar-refractivity contribution in [1.29, 1.82) is 0 Å². The predicted molar refractivity (Wildman–Crippen MR) is 40.2 cm³/mol. The molecule has 0 radical (unpaired) electrons. The zero-order valence-corrected chi connectivity index (χ0v) is 6.21. The predicted octanol–water partition coefficient (Wildman–Crippen LogP) is 1.07. The number of primary amides is 1. The first-order chi connectivity index (χ1) is 4.72. The van der Waals surface area contributed by atoms with Gasteiger partial charge in [-0.25, -0.2) is 0 Å². The van der Waals surface area contributed by atoms with E-state index in [4.69, 9.17) is 5.73 Å². The lowest BCUT2D eigenvalue weighted by atomic mass is 9.85. The highest BCUT2D eigenvalue weighted by Gasteiger charge is 2.22. The van der Waals surface area contributed by atoms with Crippen molar-refractivity contribution in [3.8, 4) is 0 Å². The molecule has 0 bridgehead atoms. The smallest absolute Gasteiger partial charge is 0.221 e. The summed E-state index contributed by atoms with van der Waals surface area (Å²) in [6.45, 7) is 2.03. The maximum Gasteiger partial charge on any atom is 0.221 e. The Kier molecular flexibility index (Phi) is 2.10. The normalized spacial score (nSPS) is 32.1. The molecule has 1 aliphatic carbocycles. The zero-order valence-electron chi connectivity index (χ0n) is 6.21. The summed E-state index contributed by atoms with van der Waals surface area (Å²) >= 11 is 0. The summed E-state index contributed by atoms with van der Waals surface area (Å²) in [5.74, 6) is 0.257. The minimum absolute atomic E-state index is 0.0741. The quantitative estimate of drug-likeness (QED) is 0.542. The third kappa shape index (κ3) is 1.38. The van der Waals surface area contributed by atoms with Gasteiger partial charge < -0.3 is 5.73 Å². The Morgan fingerprint density at radius 1 is 1.70 bits per heavy atom. The van der Waals surface area contributed by atoms with Crippen molar-refractivity contribution in [1.82, 2.24) is 0 Å². The van der Waals surface area contributed by atoms with Crippen LogP contribution in [0, 0.1) is 11.8 Å². The van der Waals surface area contributed by atoms with Crippen LogP contribution in [0.15, 0.2) is 12.2 Å². The molecule has 2 nitrogen and oxygen atoms in total. The number of nitrogens with two attached hydrogens (primary N) is 1. The summed E-state index contributed by atoms with van der Waals surface area (Å²) in [6.07, 6.45) is 6.11. The van der Waals surface area contributed by atoms with Crippen LogP contribution in [0.5, 0.6) is 0 Å². The van der Waals surface area contributed by atoms with Crippen LogP contribution in [-0.2, 0) is 4.79 Å². The minimum atomic E-state index is -0.156. The third-order valence-electron chi connectivity index (χ3n) is 2.08. The Balaban J connectivity index is 2.60. The van der Waals surface area contributed by atoms with Gasteiger partial charge in [0.05, 0.1) is 0 Å². The van der Waals surface area contributed by atoms with E-state index in [1.807, 2.05) is 6.92 Å². The molecular weight excluding hydrogens is 126 g/mol. The second kappa shape index (κ2) is 2.86. The molecule has 1 amide bonds. The van der Waals surface area contributed by atoms with Crippen LogP contribution < -0.4 is 5.73 Å². The molecule has 1 rings (SSSR count). The monoisotopic (exact) mass is 139 g/mol. The molecule has 10 heavy (non-hydrogen) atoms. The molecule has 0 saturated carbocycles. The standard InChI is InChI=1S/C8H13NO/c1-6-4-2-3-5-7(6)8(9)10/h2,4,6-7H,3,5H2,1H3,(H2,9,10)/t6-,7-/m0/s1. The van der Waals surface area contributed by atoms with E-state index < -0.39 is 0 Å². The number of rotatable bonds is 1. The Morgan fingerprint density at radius 2 is 2.40 bits per heavy atom. The van der Waals surface area contributed by atoms with E-state index in [1.165, 1.54) is 0 Å². The molecule has 2 heteroatoms. The first-order valence-electron chi connectivity index (χ1n) is 3.68. The van der Waals surface area contributed by atoms with Gasteiger partial charge in [-0.2, -0.15) is 0 Å². The van der Waals surface area contributed by atoms with Gasteiger partial charge in [0.1, 0.15) is 0 Å². The van der Waals surface area contributed by atoms with Crippen LogP contribution in [-0.4, -0.2) is 5.91 Å². The van der Waals surface area contributed by atoms with Crippen LogP contribution in [0.25, 0.3) is 0 Å². The molecule has 0 fully saturated rings. The number of amides is 1. The SMILES string of the molecule is C[C@H]1C=CCC[C@@H]1C(N)=O. The fourth-order valence-corrected chi connectivity index (χ4v) is 1.39. The minimum Gasteiger partial charge on any atom is -0.369 e. The van der Waals surface area contributed by atoms with Gasteiger partial charge in [0.2, 0.25) is 5.91 Å². The summed E-state index contributed by atoms with van der Waals surface area (Å²) in [4.78, 5) is 10.8. The van der Waals surface area contributed by atoms with Crippen molar-refractivity contribution in [2.45, 2.75) is 19.8 Å². The third-order valence-corrected chi connectivity index (χ3v) is 2.08. The van der Waals surface area contributed by atoms with E-state index in [2.05, 4.69) is 12.2 Å². The lowest BCUT2D eigenvalue weighted by Crippen LogP contribution is -2.29. The second-order valence-corrected chi connectivity index (χ2v) is 2.87. The lowest BCUT2D eigenvalue weighted by Gasteiger charge is -2.20. The molecule has 0 saturated heterocycles. The first kappa shape index (κ1) is 7.32. The molecule has 2 atom stereocenters. The average molecular weight is 139 g/mol. The van der Waals surface area contributed by atoms with E-state index in [0.717, 1.165) is 12.8 Å². The first-order valence-corrected chi connectivity index (χ1v) is 3.68. The van der Waals surface area contributed by atoms with Gasteiger partial charge in [0, 0.05) is 5.92 Å². The van der Waals surface area contributed by atoms with Gasteiger partial charge in [-0.15, -0.1) is 0 Å². The highest BCUT2D eigenvalue weighted by atomic mass is 16.1. The molecule has 0 heterocycles. The fraction of sp³-hybridized carbons (Fsp3) is 0.625. The van der Waals surface area contributed by atoms with E-state index >= 15 is 0 Å². The molecule has 2 N–H and O–H groups in total. The molecular formula is C8H13NO. The highest BCUT2D eigenvalue weighted by molar-refractivity contribution is 5.77. The molecule has 0 unspecified atom stereocenters. The van der Waals surface area contributed by atoms with Gasteiger partial charge in [-0.05, 0) is 18.8 Å². The summed E-state index contributed by atoms with van der Waals surface area (Å²) in [5, 5.41) is 0. The Labute approximate surface area is 61.1 Å². The number of hydrogen-bond donors (Lipinski definition) is 1. The lowest BCUT2D eigenvalue weighted by molar-refractivity contribution is -0.123. The molecule has 0 aromatic heterocycles. The van der Waals surface area contributed by atoms with E-state index in [-0.39, 0.29) is 11.8 Å². The number of carbonyl (C=O) groups excluding carboxylic acids is 1. The van der Waals surface area contributed by atoms with Gasteiger partial charge in [-0.1, -0.05) is 19.1 Å². The molecule has 0 aliphatic heterocycles. The maximum atomic E-state index is 10.8.